The number of hydrogen-bond donors (Lipinski definition) is 1. The summed E-state index contributed by atoms with van der Waals surface area (Å²) in [7, 11) is 2.24. The van der Waals surface area contributed by atoms with Crippen LogP contribution in [-0.4, -0.2) is 41.1 Å². The summed E-state index contributed by atoms with van der Waals surface area (Å²) < 4.78 is 0. The Morgan fingerprint density at radius 3 is 2.52 bits per heavy atom. The summed E-state index contributed by atoms with van der Waals surface area (Å²) in [4.78, 5) is 5.01. The van der Waals surface area contributed by atoms with Gasteiger partial charge in [0.05, 0.1) is 0 Å². The van der Waals surface area contributed by atoms with E-state index in [0.717, 1.165) is 26.2 Å². The summed E-state index contributed by atoms with van der Waals surface area (Å²) in [5.41, 5.74) is 2.65. The lowest BCUT2D eigenvalue weighted by molar-refractivity contribution is 0.107. The number of phenols is 1. The number of benzene rings is 2. The van der Waals surface area contributed by atoms with Gasteiger partial charge in [0, 0.05) is 25.7 Å². The summed E-state index contributed by atoms with van der Waals surface area (Å²) in [5, 5.41) is 9.40. The van der Waals surface area contributed by atoms with E-state index >= 15 is 0 Å². The highest BCUT2D eigenvalue weighted by molar-refractivity contribution is 5.25. The van der Waals surface area contributed by atoms with Crippen molar-refractivity contribution in [1.82, 2.24) is 9.80 Å². The van der Waals surface area contributed by atoms with Gasteiger partial charge in [-0.1, -0.05) is 42.5 Å². The Morgan fingerprint density at radius 2 is 1.78 bits per heavy atom. The molecule has 2 aromatic carbocycles. The van der Waals surface area contributed by atoms with Crippen molar-refractivity contribution in [2.75, 3.05) is 20.1 Å². The first-order valence-electron chi connectivity index (χ1n) is 8.45. The molecule has 1 saturated heterocycles. The highest BCUT2D eigenvalue weighted by Crippen LogP contribution is 2.19. The van der Waals surface area contributed by atoms with Crippen LogP contribution in [0.2, 0.25) is 0 Å². The number of aromatic hydroxyl groups is 1. The number of likely N-dealkylation sites (N-methyl/N-ethyl adjacent to an activating group) is 1. The molecule has 1 fully saturated rings. The molecule has 0 amide bonds. The maximum atomic E-state index is 9.40. The van der Waals surface area contributed by atoms with Gasteiger partial charge in [0.15, 0.2) is 0 Å². The number of likely N-dealkylation sites (tertiary alicyclic amines) is 1. The standard InChI is InChI=1S/C20H26N2O/c1-21(14-17-6-3-2-4-7-17)19-8-5-13-22(16-19)15-18-9-11-20(23)12-10-18/h2-4,6-7,9-12,19,23H,5,8,13-16H2,1H3/t19-/m1/s1. The second kappa shape index (κ2) is 7.62. The van der Waals surface area contributed by atoms with E-state index in [4.69, 9.17) is 0 Å². The molecule has 1 heterocycles. The highest BCUT2D eigenvalue weighted by atomic mass is 16.3. The van der Waals surface area contributed by atoms with Crippen LogP contribution in [0.5, 0.6) is 5.75 Å². The SMILES string of the molecule is CN(Cc1ccccc1)[C@@H]1CCCN(Cc2ccc(O)cc2)C1. The van der Waals surface area contributed by atoms with Gasteiger partial charge in [0.1, 0.15) is 5.75 Å². The van der Waals surface area contributed by atoms with Crippen LogP contribution in [0.3, 0.4) is 0 Å². The molecule has 0 aromatic heterocycles. The summed E-state index contributed by atoms with van der Waals surface area (Å²) >= 11 is 0. The predicted octanol–water partition coefficient (Wildman–Crippen LogP) is 3.49. The van der Waals surface area contributed by atoms with E-state index in [1.165, 1.54) is 24.0 Å². The third-order valence-corrected chi connectivity index (χ3v) is 4.72. The average molecular weight is 310 g/mol. The van der Waals surface area contributed by atoms with E-state index in [-0.39, 0.29) is 0 Å². The number of rotatable bonds is 5. The molecule has 122 valence electrons. The van der Waals surface area contributed by atoms with Crippen molar-refractivity contribution < 1.29 is 5.11 Å². The molecule has 1 N–H and O–H groups in total. The minimum atomic E-state index is 0.341. The molecule has 0 spiro atoms. The van der Waals surface area contributed by atoms with Crippen LogP contribution in [0.4, 0.5) is 0 Å². The Bertz CT molecular complexity index is 597. The summed E-state index contributed by atoms with van der Waals surface area (Å²) in [6.45, 7) is 4.26. The largest absolute Gasteiger partial charge is 0.508 e. The van der Waals surface area contributed by atoms with Crippen molar-refractivity contribution in [2.24, 2.45) is 0 Å². The molecule has 3 rings (SSSR count). The molecule has 0 unspecified atom stereocenters. The Hall–Kier alpha value is -1.84. The average Bonchev–Trinajstić information content (AvgIpc) is 2.58. The number of hydrogen-bond acceptors (Lipinski definition) is 3. The van der Waals surface area contributed by atoms with Crippen LogP contribution in [-0.2, 0) is 13.1 Å². The molecule has 23 heavy (non-hydrogen) atoms. The normalized spacial score (nSPS) is 19.1. The zero-order valence-corrected chi connectivity index (χ0v) is 13.9. The van der Waals surface area contributed by atoms with Crippen molar-refractivity contribution in [2.45, 2.75) is 32.0 Å². The van der Waals surface area contributed by atoms with Crippen molar-refractivity contribution in [3.8, 4) is 5.75 Å². The Morgan fingerprint density at radius 1 is 1.04 bits per heavy atom. The molecular formula is C20H26N2O. The van der Waals surface area contributed by atoms with Gasteiger partial charge in [0.2, 0.25) is 0 Å². The number of piperidine rings is 1. The van der Waals surface area contributed by atoms with E-state index in [9.17, 15) is 5.11 Å². The molecular weight excluding hydrogens is 284 g/mol. The van der Waals surface area contributed by atoms with Crippen LogP contribution in [0.15, 0.2) is 54.6 Å². The summed E-state index contributed by atoms with van der Waals surface area (Å²) in [6.07, 6.45) is 2.53. The number of phenolic OH excluding ortho intramolecular Hbond substituents is 1. The predicted molar refractivity (Wildman–Crippen MR) is 94.3 cm³/mol. The quantitative estimate of drug-likeness (QED) is 0.916. The summed E-state index contributed by atoms with van der Waals surface area (Å²) in [6, 6.07) is 18.9. The zero-order valence-electron chi connectivity index (χ0n) is 13.9. The molecule has 0 saturated carbocycles. The fourth-order valence-corrected chi connectivity index (χ4v) is 3.39. The first-order valence-corrected chi connectivity index (χ1v) is 8.45. The van der Waals surface area contributed by atoms with Crippen molar-refractivity contribution in [3.05, 3.63) is 65.7 Å². The molecule has 0 bridgehead atoms. The monoisotopic (exact) mass is 310 g/mol. The van der Waals surface area contributed by atoms with Gasteiger partial charge in [0.25, 0.3) is 0 Å². The molecule has 3 heteroatoms. The minimum Gasteiger partial charge on any atom is -0.508 e. The second-order valence-corrected chi connectivity index (χ2v) is 6.60. The highest BCUT2D eigenvalue weighted by Gasteiger charge is 2.23. The molecule has 1 atom stereocenters. The van der Waals surface area contributed by atoms with Gasteiger partial charge in [-0.15, -0.1) is 0 Å². The Balaban J connectivity index is 1.56. The van der Waals surface area contributed by atoms with Crippen molar-refractivity contribution in [3.63, 3.8) is 0 Å². The fraction of sp³-hybridized carbons (Fsp3) is 0.400. The topological polar surface area (TPSA) is 26.7 Å². The molecule has 2 aromatic rings. The van der Waals surface area contributed by atoms with Crippen LogP contribution >= 0.6 is 0 Å². The van der Waals surface area contributed by atoms with Crippen molar-refractivity contribution >= 4 is 0 Å². The van der Waals surface area contributed by atoms with Crippen LogP contribution in [0, 0.1) is 0 Å². The van der Waals surface area contributed by atoms with Gasteiger partial charge in [-0.05, 0) is 49.7 Å². The molecule has 0 aliphatic carbocycles. The smallest absolute Gasteiger partial charge is 0.115 e. The van der Waals surface area contributed by atoms with Gasteiger partial charge >= 0.3 is 0 Å². The minimum absolute atomic E-state index is 0.341. The molecule has 1 aliphatic rings. The first kappa shape index (κ1) is 16.0. The third kappa shape index (κ3) is 4.57. The van der Waals surface area contributed by atoms with E-state index in [1.807, 2.05) is 12.1 Å². The first-order chi connectivity index (χ1) is 11.2. The lowest BCUT2D eigenvalue weighted by Crippen LogP contribution is -2.45. The zero-order chi connectivity index (χ0) is 16.1. The third-order valence-electron chi connectivity index (χ3n) is 4.72. The Labute approximate surface area is 139 Å². The number of nitrogens with zero attached hydrogens (tertiary/aromatic N) is 2. The Kier molecular flexibility index (Phi) is 5.31. The van der Waals surface area contributed by atoms with Gasteiger partial charge in [-0.2, -0.15) is 0 Å². The van der Waals surface area contributed by atoms with Crippen molar-refractivity contribution in [1.29, 1.82) is 0 Å². The maximum Gasteiger partial charge on any atom is 0.115 e. The van der Waals surface area contributed by atoms with E-state index in [1.54, 1.807) is 12.1 Å². The second-order valence-electron chi connectivity index (χ2n) is 6.60. The lowest BCUT2D eigenvalue weighted by atomic mass is 10.0. The maximum absolute atomic E-state index is 9.40. The van der Waals surface area contributed by atoms with Gasteiger partial charge < -0.3 is 5.11 Å². The van der Waals surface area contributed by atoms with Crippen LogP contribution < -0.4 is 0 Å². The van der Waals surface area contributed by atoms with Gasteiger partial charge in [-0.25, -0.2) is 0 Å². The van der Waals surface area contributed by atoms with E-state index in [0.29, 0.717) is 11.8 Å². The van der Waals surface area contributed by atoms with E-state index < -0.39 is 0 Å². The summed E-state index contributed by atoms with van der Waals surface area (Å²) in [5.74, 6) is 0.341. The van der Waals surface area contributed by atoms with E-state index in [2.05, 4.69) is 47.2 Å². The molecule has 0 radical (unpaired) electrons. The van der Waals surface area contributed by atoms with Crippen LogP contribution in [0.1, 0.15) is 24.0 Å². The molecule has 1 aliphatic heterocycles. The lowest BCUT2D eigenvalue weighted by Gasteiger charge is -2.37. The fourth-order valence-electron chi connectivity index (χ4n) is 3.39. The molecule has 3 nitrogen and oxygen atoms in total. The van der Waals surface area contributed by atoms with Crippen LogP contribution in [0.25, 0.3) is 0 Å². The van der Waals surface area contributed by atoms with Gasteiger partial charge in [-0.3, -0.25) is 9.80 Å².